The van der Waals surface area contributed by atoms with Crippen molar-refractivity contribution < 1.29 is 19.8 Å². The van der Waals surface area contributed by atoms with Crippen LogP contribution in [-0.4, -0.2) is 21.0 Å². The van der Waals surface area contributed by atoms with Crippen LogP contribution in [0.15, 0.2) is 36.4 Å². The number of carbonyl (C=O) groups excluding carboxylic acids is 1. The van der Waals surface area contributed by atoms with Crippen LogP contribution >= 0.6 is 0 Å². The highest BCUT2D eigenvalue weighted by Gasteiger charge is 2.28. The van der Waals surface area contributed by atoms with Gasteiger partial charge in [-0.15, -0.1) is 0 Å². The second-order valence-corrected chi connectivity index (χ2v) is 4.84. The number of aryl methyl sites for hydroxylation is 1. The van der Waals surface area contributed by atoms with Crippen LogP contribution in [0.25, 0.3) is 0 Å². The molecule has 2 aromatic rings. The summed E-state index contributed by atoms with van der Waals surface area (Å²) in [5.74, 6) is -1.09. The van der Waals surface area contributed by atoms with Crippen LogP contribution in [0, 0.1) is 27.2 Å². The van der Waals surface area contributed by atoms with Gasteiger partial charge >= 0.3 is 11.4 Å². The number of anilines is 2. The smallest absolute Gasteiger partial charge is 0.300 e. The molecule has 0 fully saturated rings. The lowest BCUT2D eigenvalue weighted by Gasteiger charge is -2.09. The largest absolute Gasteiger partial charge is 0.344 e. The molecule has 0 spiro atoms. The Bertz CT molecular complexity index is 784. The Balaban J connectivity index is 2.62. The number of nitrogens with zero attached hydrogens (tertiary/aromatic N) is 2. The molecule has 10 heteroatoms. The van der Waals surface area contributed by atoms with Gasteiger partial charge in [0.05, 0.1) is 15.4 Å². The highest BCUT2D eigenvalue weighted by Crippen LogP contribution is 2.37. The van der Waals surface area contributed by atoms with Crippen molar-refractivity contribution in [3.05, 3.63) is 67.8 Å². The quantitative estimate of drug-likeness (QED) is 0.433. The maximum atomic E-state index is 11.4. The number of hydrogen-bond donors (Lipinski definition) is 3. The van der Waals surface area contributed by atoms with Gasteiger partial charge < -0.3 is 5.32 Å². The van der Waals surface area contributed by atoms with Crippen LogP contribution in [0.4, 0.5) is 22.7 Å². The highest BCUT2D eigenvalue weighted by molar-refractivity contribution is 5.97. The van der Waals surface area contributed by atoms with Gasteiger partial charge in [0.25, 0.3) is 5.91 Å². The molecule has 0 aromatic heterocycles. The molecule has 2 aromatic carbocycles. The van der Waals surface area contributed by atoms with Crippen molar-refractivity contribution in [2.24, 2.45) is 0 Å². The van der Waals surface area contributed by atoms with E-state index in [2.05, 4.69) is 5.32 Å². The van der Waals surface area contributed by atoms with Gasteiger partial charge in [-0.3, -0.25) is 30.2 Å². The number of amides is 1. The molecule has 3 N–H and O–H groups in total. The van der Waals surface area contributed by atoms with Crippen LogP contribution < -0.4 is 10.8 Å². The van der Waals surface area contributed by atoms with Crippen LogP contribution in [0.3, 0.4) is 0 Å². The summed E-state index contributed by atoms with van der Waals surface area (Å²) in [6, 6.07) is 8.36. The average Bonchev–Trinajstić information content (AvgIpc) is 2.55. The Morgan fingerprint density at radius 2 is 1.54 bits per heavy atom. The van der Waals surface area contributed by atoms with Crippen molar-refractivity contribution in [1.82, 2.24) is 5.48 Å². The molecular formula is C14H12N4O6. The van der Waals surface area contributed by atoms with Crippen LogP contribution in [0.5, 0.6) is 0 Å². The lowest BCUT2D eigenvalue weighted by Crippen LogP contribution is -2.19. The summed E-state index contributed by atoms with van der Waals surface area (Å²) in [5, 5.41) is 33.8. The molecule has 0 saturated carbocycles. The first-order chi connectivity index (χ1) is 11.3. The predicted molar refractivity (Wildman–Crippen MR) is 83.5 cm³/mol. The van der Waals surface area contributed by atoms with E-state index < -0.39 is 32.7 Å². The second kappa shape index (κ2) is 6.71. The highest BCUT2D eigenvalue weighted by atomic mass is 16.6. The fourth-order valence-corrected chi connectivity index (χ4v) is 2.00. The molecule has 0 unspecified atom stereocenters. The van der Waals surface area contributed by atoms with E-state index >= 15 is 0 Å². The summed E-state index contributed by atoms with van der Waals surface area (Å²) in [6.45, 7) is 1.84. The zero-order valence-corrected chi connectivity index (χ0v) is 12.3. The molecule has 0 bridgehead atoms. The fraction of sp³-hybridized carbons (Fsp3) is 0.0714. The summed E-state index contributed by atoms with van der Waals surface area (Å²) in [7, 11) is 0. The minimum absolute atomic E-state index is 0.358. The molecule has 2 rings (SSSR count). The summed E-state index contributed by atoms with van der Waals surface area (Å²) in [6.07, 6.45) is 0. The molecule has 124 valence electrons. The molecule has 10 nitrogen and oxygen atoms in total. The van der Waals surface area contributed by atoms with E-state index in [1.54, 1.807) is 24.3 Å². The first kappa shape index (κ1) is 16.8. The van der Waals surface area contributed by atoms with Gasteiger partial charge in [0.1, 0.15) is 0 Å². The number of nitro benzene ring substituents is 2. The van der Waals surface area contributed by atoms with E-state index in [1.807, 2.05) is 6.92 Å². The number of nitro groups is 2. The first-order valence-electron chi connectivity index (χ1n) is 6.58. The molecule has 0 heterocycles. The Labute approximate surface area is 135 Å². The monoisotopic (exact) mass is 332 g/mol. The lowest BCUT2D eigenvalue weighted by atomic mass is 10.1. The van der Waals surface area contributed by atoms with Crippen molar-refractivity contribution in [3.63, 3.8) is 0 Å². The third kappa shape index (κ3) is 3.44. The predicted octanol–water partition coefficient (Wildman–Crippen LogP) is 2.67. The van der Waals surface area contributed by atoms with Gasteiger partial charge in [0.15, 0.2) is 5.69 Å². The fourth-order valence-electron chi connectivity index (χ4n) is 2.00. The molecule has 0 saturated heterocycles. The number of rotatable bonds is 5. The van der Waals surface area contributed by atoms with E-state index in [0.29, 0.717) is 5.69 Å². The van der Waals surface area contributed by atoms with Gasteiger partial charge in [-0.2, -0.15) is 0 Å². The van der Waals surface area contributed by atoms with Gasteiger partial charge in [-0.25, -0.2) is 5.48 Å². The van der Waals surface area contributed by atoms with Crippen LogP contribution in [0.1, 0.15) is 15.9 Å². The van der Waals surface area contributed by atoms with Crippen LogP contribution in [0.2, 0.25) is 0 Å². The number of hydroxylamine groups is 1. The van der Waals surface area contributed by atoms with Crippen molar-refractivity contribution >= 4 is 28.7 Å². The van der Waals surface area contributed by atoms with Gasteiger partial charge in [-0.1, -0.05) is 17.7 Å². The zero-order valence-electron chi connectivity index (χ0n) is 12.3. The van der Waals surface area contributed by atoms with Crippen molar-refractivity contribution in [2.75, 3.05) is 5.32 Å². The third-order valence-electron chi connectivity index (χ3n) is 3.17. The molecule has 1 amide bonds. The first-order valence-corrected chi connectivity index (χ1v) is 6.58. The molecule has 0 aliphatic heterocycles. The number of nitrogens with one attached hydrogen (secondary N) is 2. The standard InChI is InChI=1S/C14H12N4O6/c1-8-2-4-10(5-3-8)15-13-11(17(21)22)6-9(14(19)16-20)7-12(13)18(23)24/h2-7,15,20H,1H3,(H,16,19). The minimum Gasteiger partial charge on any atom is -0.344 e. The van der Waals surface area contributed by atoms with Crippen LogP contribution in [-0.2, 0) is 0 Å². The van der Waals surface area contributed by atoms with E-state index in [9.17, 15) is 25.0 Å². The van der Waals surface area contributed by atoms with Crippen molar-refractivity contribution in [3.8, 4) is 0 Å². The van der Waals surface area contributed by atoms with Gasteiger partial charge in [0.2, 0.25) is 0 Å². The minimum atomic E-state index is -1.09. The molecule has 0 aliphatic rings. The number of hydrogen-bond acceptors (Lipinski definition) is 7. The molecular weight excluding hydrogens is 320 g/mol. The lowest BCUT2D eigenvalue weighted by molar-refractivity contribution is -0.392. The van der Waals surface area contributed by atoms with E-state index in [1.165, 1.54) is 5.48 Å². The Hall–Kier alpha value is -3.53. The summed E-state index contributed by atoms with van der Waals surface area (Å²) < 4.78 is 0. The van der Waals surface area contributed by atoms with Gasteiger partial charge in [-0.05, 0) is 19.1 Å². The molecule has 0 aliphatic carbocycles. The second-order valence-electron chi connectivity index (χ2n) is 4.84. The summed E-state index contributed by atoms with van der Waals surface area (Å²) >= 11 is 0. The normalized spacial score (nSPS) is 10.1. The maximum absolute atomic E-state index is 11.4. The molecule has 0 atom stereocenters. The number of benzene rings is 2. The average molecular weight is 332 g/mol. The van der Waals surface area contributed by atoms with E-state index in [-0.39, 0.29) is 5.69 Å². The SMILES string of the molecule is Cc1ccc(Nc2c([N+](=O)[O-])cc(C(=O)NO)cc2[N+](=O)[O-])cc1. The maximum Gasteiger partial charge on any atom is 0.300 e. The summed E-state index contributed by atoms with van der Waals surface area (Å²) in [4.78, 5) is 32.2. The topological polar surface area (TPSA) is 148 Å². The molecule has 0 radical (unpaired) electrons. The third-order valence-corrected chi connectivity index (χ3v) is 3.17. The van der Waals surface area contributed by atoms with Gasteiger partial charge in [0, 0.05) is 17.8 Å². The van der Waals surface area contributed by atoms with Crippen molar-refractivity contribution in [1.29, 1.82) is 0 Å². The molecule has 24 heavy (non-hydrogen) atoms. The number of carbonyl (C=O) groups is 1. The Morgan fingerprint density at radius 1 is 1.04 bits per heavy atom. The van der Waals surface area contributed by atoms with E-state index in [4.69, 9.17) is 5.21 Å². The Kier molecular flexibility index (Phi) is 4.70. The van der Waals surface area contributed by atoms with Crippen molar-refractivity contribution in [2.45, 2.75) is 6.92 Å². The zero-order chi connectivity index (χ0) is 17.9. The van der Waals surface area contributed by atoms with E-state index in [0.717, 1.165) is 17.7 Å². The Morgan fingerprint density at radius 3 is 1.96 bits per heavy atom. The summed E-state index contributed by atoms with van der Waals surface area (Å²) in [5.41, 5.74) is 0.540.